The van der Waals surface area contributed by atoms with Gasteiger partial charge in [0.15, 0.2) is 0 Å². The van der Waals surface area contributed by atoms with Crippen molar-refractivity contribution >= 4 is 23.3 Å². The topological polar surface area (TPSA) is 70.7 Å². The van der Waals surface area contributed by atoms with E-state index < -0.39 is 17.7 Å². The van der Waals surface area contributed by atoms with Crippen molar-refractivity contribution in [2.24, 2.45) is 5.92 Å². The second-order valence-electron chi connectivity index (χ2n) is 7.87. The third kappa shape index (κ3) is 7.89. The number of nitrogens with zero attached hydrogens (tertiary/aromatic N) is 1. The predicted octanol–water partition coefficient (Wildman–Crippen LogP) is 3.80. The lowest BCUT2D eigenvalue weighted by atomic mass is 10.0. The van der Waals surface area contributed by atoms with Gasteiger partial charge in [0.25, 0.3) is 0 Å². The molecule has 2 amide bonds. The van der Waals surface area contributed by atoms with Gasteiger partial charge >= 0.3 is 6.09 Å². The number of hydrogen-bond acceptors (Lipinski definition) is 5. The lowest BCUT2D eigenvalue weighted by Gasteiger charge is -2.30. The highest BCUT2D eigenvalue weighted by Crippen LogP contribution is 2.24. The molecule has 0 fully saturated rings. The average molecular weight is 398 g/mol. The SMILES string of the molecule is CCN(CC)C(CNC(=O)C(NC(=O)OC(C)(C)C)C(C)C)c1cccs1. The summed E-state index contributed by atoms with van der Waals surface area (Å²) in [6.07, 6.45) is -0.574. The maximum absolute atomic E-state index is 12.8. The van der Waals surface area contributed by atoms with E-state index >= 15 is 0 Å². The second-order valence-corrected chi connectivity index (χ2v) is 8.84. The van der Waals surface area contributed by atoms with E-state index in [1.165, 1.54) is 4.88 Å². The van der Waals surface area contributed by atoms with Crippen molar-refractivity contribution < 1.29 is 14.3 Å². The van der Waals surface area contributed by atoms with Gasteiger partial charge in [0, 0.05) is 11.4 Å². The Balaban J connectivity index is 2.77. The molecule has 1 rings (SSSR count). The van der Waals surface area contributed by atoms with E-state index in [4.69, 9.17) is 4.74 Å². The lowest BCUT2D eigenvalue weighted by molar-refractivity contribution is -0.124. The number of carbonyl (C=O) groups is 2. The summed E-state index contributed by atoms with van der Waals surface area (Å²) in [5.74, 6) is -0.240. The summed E-state index contributed by atoms with van der Waals surface area (Å²) in [7, 11) is 0. The summed E-state index contributed by atoms with van der Waals surface area (Å²) in [5, 5.41) is 7.78. The Kier molecular flexibility index (Phi) is 9.26. The van der Waals surface area contributed by atoms with Crippen molar-refractivity contribution in [2.45, 2.75) is 66.2 Å². The molecule has 0 bridgehead atoms. The highest BCUT2D eigenvalue weighted by molar-refractivity contribution is 7.10. The van der Waals surface area contributed by atoms with Crippen LogP contribution < -0.4 is 10.6 Å². The van der Waals surface area contributed by atoms with E-state index in [2.05, 4.69) is 40.8 Å². The summed E-state index contributed by atoms with van der Waals surface area (Å²) in [6.45, 7) is 15.7. The normalized spacial score (nSPS) is 14.1. The summed E-state index contributed by atoms with van der Waals surface area (Å²) < 4.78 is 5.29. The summed E-state index contributed by atoms with van der Waals surface area (Å²) in [6, 6.07) is 3.61. The van der Waals surface area contributed by atoms with Crippen LogP contribution in [0.3, 0.4) is 0 Å². The zero-order valence-corrected chi connectivity index (χ0v) is 18.5. The van der Waals surface area contributed by atoms with Crippen LogP contribution in [0.2, 0.25) is 0 Å². The van der Waals surface area contributed by atoms with E-state index in [1.807, 2.05) is 19.9 Å². The minimum absolute atomic E-state index is 0.0499. The van der Waals surface area contributed by atoms with E-state index in [0.717, 1.165) is 13.1 Å². The molecule has 0 spiro atoms. The van der Waals surface area contributed by atoms with Crippen LogP contribution in [0.5, 0.6) is 0 Å². The Bertz CT molecular complexity index is 578. The Labute approximate surface area is 167 Å². The number of thiophene rings is 1. The van der Waals surface area contributed by atoms with Gasteiger partial charge in [-0.1, -0.05) is 33.8 Å². The van der Waals surface area contributed by atoms with Crippen LogP contribution in [0.25, 0.3) is 0 Å². The summed E-state index contributed by atoms with van der Waals surface area (Å²) >= 11 is 1.69. The Morgan fingerprint density at radius 2 is 1.85 bits per heavy atom. The minimum Gasteiger partial charge on any atom is -0.444 e. The number of ether oxygens (including phenoxy) is 1. The molecule has 0 aliphatic heterocycles. The van der Waals surface area contributed by atoms with E-state index in [-0.39, 0.29) is 17.9 Å². The molecule has 2 atom stereocenters. The van der Waals surface area contributed by atoms with Crippen LogP contribution in [-0.2, 0) is 9.53 Å². The van der Waals surface area contributed by atoms with E-state index in [0.29, 0.717) is 6.54 Å². The van der Waals surface area contributed by atoms with Crippen LogP contribution in [0, 0.1) is 5.92 Å². The third-order valence-electron chi connectivity index (χ3n) is 4.22. The van der Waals surface area contributed by atoms with Crippen molar-refractivity contribution in [2.75, 3.05) is 19.6 Å². The third-order valence-corrected chi connectivity index (χ3v) is 5.19. The van der Waals surface area contributed by atoms with Crippen molar-refractivity contribution in [3.63, 3.8) is 0 Å². The minimum atomic E-state index is -0.638. The van der Waals surface area contributed by atoms with Gasteiger partial charge in [-0.2, -0.15) is 0 Å². The van der Waals surface area contributed by atoms with Crippen LogP contribution in [-0.4, -0.2) is 48.2 Å². The van der Waals surface area contributed by atoms with Gasteiger partial charge in [-0.15, -0.1) is 11.3 Å². The first-order valence-corrected chi connectivity index (χ1v) is 10.5. The first kappa shape index (κ1) is 23.4. The molecule has 2 unspecified atom stereocenters. The Hall–Kier alpha value is -1.60. The first-order chi connectivity index (χ1) is 12.6. The van der Waals surface area contributed by atoms with Gasteiger partial charge in [0.2, 0.25) is 5.91 Å². The van der Waals surface area contributed by atoms with Crippen LogP contribution in [0.4, 0.5) is 4.79 Å². The highest BCUT2D eigenvalue weighted by atomic mass is 32.1. The molecule has 0 saturated heterocycles. The highest BCUT2D eigenvalue weighted by Gasteiger charge is 2.28. The standard InChI is InChI=1S/C20H35N3O3S/c1-8-23(9-2)15(16-11-10-12-27-16)13-21-18(24)17(14(3)4)22-19(25)26-20(5,6)7/h10-12,14-15,17H,8-9,13H2,1-7H3,(H,21,24)(H,22,25). The molecule has 1 aromatic rings. The van der Waals surface area contributed by atoms with Crippen LogP contribution in [0.15, 0.2) is 17.5 Å². The second kappa shape index (κ2) is 10.7. The average Bonchev–Trinajstić information content (AvgIpc) is 3.08. The quantitative estimate of drug-likeness (QED) is 0.665. The van der Waals surface area contributed by atoms with Gasteiger partial charge in [-0.05, 0) is 51.2 Å². The Morgan fingerprint density at radius 3 is 2.30 bits per heavy atom. The molecule has 27 heavy (non-hydrogen) atoms. The molecule has 0 saturated carbocycles. The number of carbonyl (C=O) groups excluding carboxylic acids is 2. The largest absolute Gasteiger partial charge is 0.444 e. The zero-order chi connectivity index (χ0) is 20.6. The molecule has 154 valence electrons. The van der Waals surface area contributed by atoms with Crippen LogP contribution in [0.1, 0.15) is 59.4 Å². The number of hydrogen-bond donors (Lipinski definition) is 2. The predicted molar refractivity (Wildman–Crippen MR) is 111 cm³/mol. The molecule has 0 aromatic carbocycles. The molecular formula is C20H35N3O3S. The van der Waals surface area contributed by atoms with Crippen molar-refractivity contribution in [1.29, 1.82) is 0 Å². The molecule has 0 aliphatic rings. The molecular weight excluding hydrogens is 362 g/mol. The summed E-state index contributed by atoms with van der Waals surface area (Å²) in [4.78, 5) is 28.4. The van der Waals surface area contributed by atoms with Crippen molar-refractivity contribution in [3.8, 4) is 0 Å². The van der Waals surface area contributed by atoms with Gasteiger partial charge in [0.1, 0.15) is 11.6 Å². The number of likely N-dealkylation sites (N-methyl/N-ethyl adjacent to an activating group) is 1. The molecule has 6 nitrogen and oxygen atoms in total. The van der Waals surface area contributed by atoms with Gasteiger partial charge in [0.05, 0.1) is 6.04 Å². The monoisotopic (exact) mass is 397 g/mol. The fourth-order valence-corrected chi connectivity index (χ4v) is 3.69. The van der Waals surface area contributed by atoms with E-state index in [1.54, 1.807) is 32.1 Å². The molecule has 1 aromatic heterocycles. The summed E-state index contributed by atoms with van der Waals surface area (Å²) in [5.41, 5.74) is -0.602. The van der Waals surface area contributed by atoms with Gasteiger partial charge < -0.3 is 15.4 Å². The van der Waals surface area contributed by atoms with E-state index in [9.17, 15) is 9.59 Å². The number of nitrogens with one attached hydrogen (secondary N) is 2. The lowest BCUT2D eigenvalue weighted by Crippen LogP contribution is -2.52. The molecule has 0 aliphatic carbocycles. The maximum atomic E-state index is 12.8. The smallest absolute Gasteiger partial charge is 0.408 e. The number of amides is 2. The molecule has 0 radical (unpaired) electrons. The fraction of sp³-hybridized carbons (Fsp3) is 0.700. The zero-order valence-electron chi connectivity index (χ0n) is 17.7. The molecule has 1 heterocycles. The van der Waals surface area contributed by atoms with Gasteiger partial charge in [-0.25, -0.2) is 4.79 Å². The van der Waals surface area contributed by atoms with Gasteiger partial charge in [-0.3, -0.25) is 9.69 Å². The van der Waals surface area contributed by atoms with Crippen LogP contribution >= 0.6 is 11.3 Å². The number of rotatable bonds is 9. The van der Waals surface area contributed by atoms with Crippen molar-refractivity contribution in [3.05, 3.63) is 22.4 Å². The molecule has 7 heteroatoms. The Morgan fingerprint density at radius 1 is 1.22 bits per heavy atom. The maximum Gasteiger partial charge on any atom is 0.408 e. The molecule has 2 N–H and O–H groups in total. The first-order valence-electron chi connectivity index (χ1n) is 9.63. The number of alkyl carbamates (subject to hydrolysis) is 1. The van der Waals surface area contributed by atoms with Crippen molar-refractivity contribution in [1.82, 2.24) is 15.5 Å². The fourth-order valence-electron chi connectivity index (χ4n) is 2.83.